The van der Waals surface area contributed by atoms with Crippen LogP contribution in [0.5, 0.6) is 0 Å². The summed E-state index contributed by atoms with van der Waals surface area (Å²) >= 11 is 0. The predicted molar refractivity (Wildman–Crippen MR) is 88.9 cm³/mol. The molecule has 1 saturated heterocycles. The first-order valence-corrected chi connectivity index (χ1v) is 8.92. The first-order chi connectivity index (χ1) is 11.4. The van der Waals surface area contributed by atoms with Crippen LogP contribution in [0, 0.1) is 11.8 Å². The molecule has 2 aliphatic rings. The number of nitrogens with one attached hydrogen (secondary N) is 3. The number of amides is 3. The highest BCUT2D eigenvalue weighted by Crippen LogP contribution is 2.21. The Bertz CT molecular complexity index is 476. The van der Waals surface area contributed by atoms with E-state index >= 15 is 0 Å². The highest BCUT2D eigenvalue weighted by molar-refractivity contribution is 5.84. The van der Waals surface area contributed by atoms with Crippen LogP contribution in [0.1, 0.15) is 52.4 Å². The maximum absolute atomic E-state index is 12.1. The molecule has 2 fully saturated rings. The molecule has 0 bridgehead atoms. The zero-order chi connectivity index (χ0) is 17.7. The van der Waals surface area contributed by atoms with Gasteiger partial charge in [0.05, 0.1) is 6.04 Å². The summed E-state index contributed by atoms with van der Waals surface area (Å²) in [5, 5.41) is 18.6. The van der Waals surface area contributed by atoms with E-state index in [1.807, 2.05) is 13.8 Å². The highest BCUT2D eigenvalue weighted by atomic mass is 16.3. The van der Waals surface area contributed by atoms with Crippen molar-refractivity contribution >= 4 is 17.7 Å². The van der Waals surface area contributed by atoms with Crippen molar-refractivity contribution in [2.24, 2.45) is 11.8 Å². The second-order valence-electron chi connectivity index (χ2n) is 7.35. The van der Waals surface area contributed by atoms with Crippen molar-refractivity contribution in [3.8, 4) is 0 Å². The molecule has 0 aromatic carbocycles. The number of rotatable bonds is 9. The van der Waals surface area contributed by atoms with E-state index in [1.54, 1.807) is 0 Å². The van der Waals surface area contributed by atoms with Crippen molar-refractivity contribution in [1.82, 2.24) is 16.0 Å². The predicted octanol–water partition coefficient (Wildman–Crippen LogP) is 0.0731. The van der Waals surface area contributed by atoms with E-state index in [-0.39, 0.29) is 30.2 Å². The summed E-state index contributed by atoms with van der Waals surface area (Å²) in [6.45, 7) is 4.67. The summed E-state index contributed by atoms with van der Waals surface area (Å²) in [4.78, 5) is 36.0. The molecule has 1 aliphatic carbocycles. The smallest absolute Gasteiger partial charge is 0.251 e. The van der Waals surface area contributed by atoms with Crippen LogP contribution in [0.4, 0.5) is 0 Å². The van der Waals surface area contributed by atoms with E-state index in [0.717, 1.165) is 19.3 Å². The number of carbonyl (C=O) groups excluding carboxylic acids is 3. The molecule has 1 saturated carbocycles. The van der Waals surface area contributed by atoms with Gasteiger partial charge in [0.25, 0.3) is 5.91 Å². The third-order valence-corrected chi connectivity index (χ3v) is 4.57. The van der Waals surface area contributed by atoms with Crippen LogP contribution < -0.4 is 16.0 Å². The van der Waals surface area contributed by atoms with Crippen molar-refractivity contribution in [2.45, 2.75) is 70.6 Å². The van der Waals surface area contributed by atoms with Gasteiger partial charge in [0.15, 0.2) is 6.10 Å². The molecule has 4 N–H and O–H groups in total. The molecule has 7 nitrogen and oxygen atoms in total. The number of hydrogen-bond acceptors (Lipinski definition) is 4. The van der Waals surface area contributed by atoms with E-state index in [9.17, 15) is 19.5 Å². The maximum atomic E-state index is 12.1. The lowest BCUT2D eigenvalue weighted by molar-refractivity contribution is -0.134. The fraction of sp³-hybridized carbons (Fsp3) is 0.824. The first-order valence-electron chi connectivity index (χ1n) is 8.92. The van der Waals surface area contributed by atoms with Crippen molar-refractivity contribution < 1.29 is 19.5 Å². The topological polar surface area (TPSA) is 108 Å². The van der Waals surface area contributed by atoms with Crippen molar-refractivity contribution in [3.05, 3.63) is 0 Å². The van der Waals surface area contributed by atoms with Crippen LogP contribution in [0.25, 0.3) is 0 Å². The Morgan fingerprint density at radius 1 is 1.29 bits per heavy atom. The molecule has 0 radical (unpaired) electrons. The van der Waals surface area contributed by atoms with Gasteiger partial charge in [0.2, 0.25) is 11.8 Å². The molecule has 3 atom stereocenters. The molecule has 2 rings (SSSR count). The fourth-order valence-electron chi connectivity index (χ4n) is 2.84. The van der Waals surface area contributed by atoms with E-state index in [2.05, 4.69) is 16.0 Å². The minimum absolute atomic E-state index is 0.0776. The van der Waals surface area contributed by atoms with Crippen molar-refractivity contribution in [2.75, 3.05) is 6.54 Å². The SMILES string of the molecule is CC(C)CCC(=O)N[C@@H](C[C@@H]1CCNC1=O)[C@H](O)C(=O)NC1CC1. The van der Waals surface area contributed by atoms with Crippen LogP contribution in [-0.2, 0) is 14.4 Å². The normalized spacial score (nSPS) is 22.8. The van der Waals surface area contributed by atoms with E-state index in [0.29, 0.717) is 25.3 Å². The van der Waals surface area contributed by atoms with E-state index < -0.39 is 18.1 Å². The molecular formula is C17H29N3O4. The average Bonchev–Trinajstić information content (AvgIpc) is 3.25. The quantitative estimate of drug-likeness (QED) is 0.477. The van der Waals surface area contributed by atoms with E-state index in [1.165, 1.54) is 0 Å². The molecule has 3 amide bonds. The van der Waals surface area contributed by atoms with Crippen LogP contribution in [0.2, 0.25) is 0 Å². The van der Waals surface area contributed by atoms with Gasteiger partial charge < -0.3 is 21.1 Å². The van der Waals surface area contributed by atoms with Gasteiger partial charge in [-0.1, -0.05) is 13.8 Å². The van der Waals surface area contributed by atoms with Crippen molar-refractivity contribution in [3.63, 3.8) is 0 Å². The third kappa shape index (κ3) is 5.78. The minimum atomic E-state index is -1.33. The lowest BCUT2D eigenvalue weighted by atomic mass is 9.94. The van der Waals surface area contributed by atoms with Gasteiger partial charge in [0.1, 0.15) is 0 Å². The van der Waals surface area contributed by atoms with Gasteiger partial charge >= 0.3 is 0 Å². The van der Waals surface area contributed by atoms with E-state index in [4.69, 9.17) is 0 Å². The van der Waals surface area contributed by atoms with Crippen LogP contribution in [0.15, 0.2) is 0 Å². The van der Waals surface area contributed by atoms with Crippen LogP contribution >= 0.6 is 0 Å². The zero-order valence-corrected chi connectivity index (χ0v) is 14.5. The van der Waals surface area contributed by atoms with Crippen molar-refractivity contribution in [1.29, 1.82) is 0 Å². The molecule has 7 heteroatoms. The fourth-order valence-corrected chi connectivity index (χ4v) is 2.84. The molecular weight excluding hydrogens is 310 g/mol. The maximum Gasteiger partial charge on any atom is 0.251 e. The average molecular weight is 339 g/mol. The number of carbonyl (C=O) groups is 3. The Kier molecular flexibility index (Phi) is 6.60. The van der Waals surface area contributed by atoms with Gasteiger partial charge in [0, 0.05) is 24.9 Å². The Hall–Kier alpha value is -1.63. The minimum Gasteiger partial charge on any atom is -0.381 e. The number of aliphatic hydroxyl groups excluding tert-OH is 1. The first kappa shape index (κ1) is 18.7. The standard InChI is InChI=1S/C17H29N3O4/c1-10(2)3-6-14(21)20-13(9-11-7-8-18-16(11)23)15(22)17(24)19-12-4-5-12/h10-13,15,22H,3-9H2,1-2H3,(H,18,23)(H,19,24)(H,20,21)/t11-,13-,15-/m0/s1. The lowest BCUT2D eigenvalue weighted by Crippen LogP contribution is -2.52. The summed E-state index contributed by atoms with van der Waals surface area (Å²) in [6.07, 6.45) is 2.55. The highest BCUT2D eigenvalue weighted by Gasteiger charge is 2.35. The van der Waals surface area contributed by atoms with Gasteiger partial charge in [-0.15, -0.1) is 0 Å². The van der Waals surface area contributed by atoms with Crippen LogP contribution in [0.3, 0.4) is 0 Å². The molecule has 136 valence electrons. The second kappa shape index (κ2) is 8.46. The Morgan fingerprint density at radius 3 is 2.54 bits per heavy atom. The third-order valence-electron chi connectivity index (χ3n) is 4.57. The number of hydrogen-bond donors (Lipinski definition) is 4. The Balaban J connectivity index is 1.94. The monoisotopic (exact) mass is 339 g/mol. The lowest BCUT2D eigenvalue weighted by Gasteiger charge is -2.25. The molecule has 1 heterocycles. The second-order valence-corrected chi connectivity index (χ2v) is 7.35. The Labute approximate surface area is 142 Å². The molecule has 0 spiro atoms. The molecule has 0 aromatic heterocycles. The summed E-state index contributed by atoms with van der Waals surface area (Å²) in [5.74, 6) is -0.608. The van der Waals surface area contributed by atoms with Gasteiger partial charge in [-0.05, 0) is 38.0 Å². The van der Waals surface area contributed by atoms with Crippen LogP contribution in [-0.4, -0.2) is 47.6 Å². The summed E-state index contributed by atoms with van der Waals surface area (Å²) in [5.41, 5.74) is 0. The molecule has 0 unspecified atom stereocenters. The number of aliphatic hydroxyl groups is 1. The largest absolute Gasteiger partial charge is 0.381 e. The molecule has 1 aliphatic heterocycles. The zero-order valence-electron chi connectivity index (χ0n) is 14.5. The Morgan fingerprint density at radius 2 is 2.00 bits per heavy atom. The van der Waals surface area contributed by atoms with Gasteiger partial charge in [-0.3, -0.25) is 14.4 Å². The van der Waals surface area contributed by atoms with Gasteiger partial charge in [-0.2, -0.15) is 0 Å². The summed E-state index contributed by atoms with van der Waals surface area (Å²) in [6, 6.07) is -0.600. The summed E-state index contributed by atoms with van der Waals surface area (Å²) < 4.78 is 0. The summed E-state index contributed by atoms with van der Waals surface area (Å²) in [7, 11) is 0. The molecule has 24 heavy (non-hydrogen) atoms. The molecule has 0 aromatic rings. The van der Waals surface area contributed by atoms with Gasteiger partial charge in [-0.25, -0.2) is 0 Å².